The number of aliphatic imine (C=N–C) groups is 1. The van der Waals surface area contributed by atoms with Crippen molar-refractivity contribution in [3.05, 3.63) is 59.9 Å². The molecule has 2 rings (SSSR count). The Labute approximate surface area is 113 Å². The third-order valence-corrected chi connectivity index (χ3v) is 2.42. The fourth-order valence-corrected chi connectivity index (χ4v) is 1.48. The zero-order valence-electron chi connectivity index (χ0n) is 10.2. The van der Waals surface area contributed by atoms with E-state index in [4.69, 9.17) is 5.84 Å². The van der Waals surface area contributed by atoms with Crippen LogP contribution in [0.1, 0.15) is 0 Å². The predicted octanol–water partition coefficient (Wildman–Crippen LogP) is 2.67. The van der Waals surface area contributed by atoms with E-state index >= 15 is 0 Å². The molecule has 0 unspecified atom stereocenters. The molecule has 20 heavy (non-hydrogen) atoms. The number of hydrazine groups is 1. The fourth-order valence-electron chi connectivity index (χ4n) is 1.48. The van der Waals surface area contributed by atoms with Gasteiger partial charge in [0.25, 0.3) is 0 Å². The van der Waals surface area contributed by atoms with Crippen molar-refractivity contribution in [2.45, 2.75) is 0 Å². The van der Waals surface area contributed by atoms with Crippen LogP contribution in [0.4, 0.5) is 24.5 Å². The number of nitrogens with zero attached hydrogens (tertiary/aromatic N) is 1. The summed E-state index contributed by atoms with van der Waals surface area (Å²) < 4.78 is 39.4. The monoisotopic (exact) mass is 280 g/mol. The van der Waals surface area contributed by atoms with E-state index in [-0.39, 0.29) is 11.6 Å². The van der Waals surface area contributed by atoms with Gasteiger partial charge in [-0.2, -0.15) is 0 Å². The van der Waals surface area contributed by atoms with Crippen molar-refractivity contribution >= 4 is 17.3 Å². The van der Waals surface area contributed by atoms with Gasteiger partial charge in [0.15, 0.2) is 17.5 Å². The first-order valence-electron chi connectivity index (χ1n) is 5.62. The maximum absolute atomic E-state index is 13.5. The summed E-state index contributed by atoms with van der Waals surface area (Å²) >= 11 is 0. The van der Waals surface area contributed by atoms with E-state index in [1.165, 1.54) is 0 Å². The van der Waals surface area contributed by atoms with Crippen LogP contribution in [0.25, 0.3) is 0 Å². The number of benzene rings is 2. The molecule has 4 N–H and O–H groups in total. The summed E-state index contributed by atoms with van der Waals surface area (Å²) in [6.07, 6.45) is 0. The van der Waals surface area contributed by atoms with Gasteiger partial charge in [0, 0.05) is 5.69 Å². The van der Waals surface area contributed by atoms with Crippen LogP contribution in [-0.2, 0) is 0 Å². The Morgan fingerprint density at radius 3 is 2.30 bits per heavy atom. The van der Waals surface area contributed by atoms with Crippen molar-refractivity contribution in [2.75, 3.05) is 5.32 Å². The van der Waals surface area contributed by atoms with Crippen molar-refractivity contribution < 1.29 is 13.2 Å². The highest BCUT2D eigenvalue weighted by molar-refractivity contribution is 5.94. The molecule has 0 amide bonds. The number of halogens is 3. The SMILES string of the molecule is NNC(=Nc1ccc(F)c(F)c1F)Nc1ccccc1. The highest BCUT2D eigenvalue weighted by Crippen LogP contribution is 2.22. The minimum Gasteiger partial charge on any atom is -0.325 e. The first-order valence-corrected chi connectivity index (χ1v) is 5.62. The molecule has 2 aromatic carbocycles. The molecule has 0 aliphatic carbocycles. The van der Waals surface area contributed by atoms with Gasteiger partial charge >= 0.3 is 0 Å². The zero-order valence-corrected chi connectivity index (χ0v) is 10.2. The first kappa shape index (κ1) is 13.9. The Balaban J connectivity index is 2.30. The molecular weight excluding hydrogens is 269 g/mol. The molecule has 0 saturated carbocycles. The molecule has 0 atom stereocenters. The molecule has 7 heteroatoms. The van der Waals surface area contributed by atoms with E-state index in [2.05, 4.69) is 15.7 Å². The second-order valence-electron chi connectivity index (χ2n) is 3.79. The lowest BCUT2D eigenvalue weighted by molar-refractivity contribution is 0.448. The van der Waals surface area contributed by atoms with Gasteiger partial charge in [-0.25, -0.2) is 24.0 Å². The molecule has 0 aromatic heterocycles. The molecule has 0 heterocycles. The molecule has 0 radical (unpaired) electrons. The molecule has 2 aromatic rings. The Kier molecular flexibility index (Phi) is 4.21. The number of guanidine groups is 1. The summed E-state index contributed by atoms with van der Waals surface area (Å²) in [4.78, 5) is 3.76. The zero-order chi connectivity index (χ0) is 14.5. The van der Waals surface area contributed by atoms with E-state index in [1.54, 1.807) is 24.3 Å². The molecule has 4 nitrogen and oxygen atoms in total. The van der Waals surface area contributed by atoms with Crippen LogP contribution in [0.15, 0.2) is 47.5 Å². The summed E-state index contributed by atoms with van der Waals surface area (Å²) in [6.45, 7) is 0. The topological polar surface area (TPSA) is 62.4 Å². The number of hydrogen-bond acceptors (Lipinski definition) is 2. The van der Waals surface area contributed by atoms with Gasteiger partial charge in [-0.1, -0.05) is 18.2 Å². The van der Waals surface area contributed by atoms with Gasteiger partial charge in [-0.15, -0.1) is 0 Å². The molecule has 0 aliphatic rings. The van der Waals surface area contributed by atoms with E-state index in [1.807, 2.05) is 6.07 Å². The number of hydrogen-bond donors (Lipinski definition) is 3. The van der Waals surface area contributed by atoms with Crippen molar-refractivity contribution in [3.8, 4) is 0 Å². The molecule has 0 aliphatic heterocycles. The Bertz CT molecular complexity index is 629. The fraction of sp³-hybridized carbons (Fsp3) is 0. The summed E-state index contributed by atoms with van der Waals surface area (Å²) in [6, 6.07) is 10.6. The van der Waals surface area contributed by atoms with Crippen molar-refractivity contribution in [1.82, 2.24) is 5.43 Å². The smallest absolute Gasteiger partial charge is 0.215 e. The molecule has 0 spiro atoms. The Morgan fingerprint density at radius 1 is 0.950 bits per heavy atom. The lowest BCUT2D eigenvalue weighted by atomic mass is 10.3. The molecule has 0 bridgehead atoms. The number of rotatable bonds is 2. The maximum Gasteiger partial charge on any atom is 0.215 e. The first-order chi connectivity index (χ1) is 9.61. The third-order valence-electron chi connectivity index (χ3n) is 2.42. The normalized spacial score (nSPS) is 11.3. The molecular formula is C13H11F3N4. The van der Waals surface area contributed by atoms with Crippen LogP contribution >= 0.6 is 0 Å². The average molecular weight is 280 g/mol. The van der Waals surface area contributed by atoms with E-state index < -0.39 is 17.5 Å². The Hall–Kier alpha value is -2.54. The van der Waals surface area contributed by atoms with Crippen LogP contribution in [0.2, 0.25) is 0 Å². The Morgan fingerprint density at radius 2 is 1.65 bits per heavy atom. The van der Waals surface area contributed by atoms with Gasteiger partial charge in [0.05, 0.1) is 0 Å². The lowest BCUT2D eigenvalue weighted by Gasteiger charge is -2.09. The van der Waals surface area contributed by atoms with E-state index in [0.29, 0.717) is 5.69 Å². The minimum atomic E-state index is -1.58. The van der Waals surface area contributed by atoms with Gasteiger partial charge in [0.2, 0.25) is 5.96 Å². The number of nitrogens with one attached hydrogen (secondary N) is 2. The van der Waals surface area contributed by atoms with Gasteiger partial charge in [-0.05, 0) is 24.3 Å². The minimum absolute atomic E-state index is 0.0129. The average Bonchev–Trinajstić information content (AvgIpc) is 2.48. The van der Waals surface area contributed by atoms with E-state index in [9.17, 15) is 13.2 Å². The van der Waals surface area contributed by atoms with Crippen LogP contribution in [0.3, 0.4) is 0 Å². The van der Waals surface area contributed by atoms with Crippen molar-refractivity contribution in [1.29, 1.82) is 0 Å². The third kappa shape index (κ3) is 3.07. The van der Waals surface area contributed by atoms with Crippen LogP contribution in [0.5, 0.6) is 0 Å². The van der Waals surface area contributed by atoms with Crippen molar-refractivity contribution in [2.24, 2.45) is 10.8 Å². The number of para-hydroxylation sites is 1. The van der Waals surface area contributed by atoms with Gasteiger partial charge in [-0.3, -0.25) is 5.43 Å². The predicted molar refractivity (Wildman–Crippen MR) is 70.8 cm³/mol. The molecule has 0 saturated heterocycles. The summed E-state index contributed by atoms with van der Waals surface area (Å²) in [7, 11) is 0. The number of nitrogens with two attached hydrogens (primary N) is 1. The standard InChI is InChI=1S/C13H11F3N4/c14-9-6-7-10(12(16)11(9)15)19-13(20-17)18-8-4-2-1-3-5-8/h1-7H,17H2,(H2,18,19,20). The molecule has 0 fully saturated rings. The summed E-state index contributed by atoms with van der Waals surface area (Å²) in [5, 5.41) is 2.77. The largest absolute Gasteiger partial charge is 0.325 e. The van der Waals surface area contributed by atoms with Crippen molar-refractivity contribution in [3.63, 3.8) is 0 Å². The van der Waals surface area contributed by atoms with Gasteiger partial charge in [0.1, 0.15) is 5.69 Å². The highest BCUT2D eigenvalue weighted by Gasteiger charge is 2.13. The second kappa shape index (κ2) is 6.07. The second-order valence-corrected chi connectivity index (χ2v) is 3.79. The lowest BCUT2D eigenvalue weighted by Crippen LogP contribution is -2.36. The quantitative estimate of drug-likeness (QED) is 0.260. The maximum atomic E-state index is 13.5. The van der Waals surface area contributed by atoms with Crippen LogP contribution in [0, 0.1) is 17.5 Å². The summed E-state index contributed by atoms with van der Waals surface area (Å²) in [5.74, 6) is 0.999. The van der Waals surface area contributed by atoms with Crippen LogP contribution < -0.4 is 16.6 Å². The number of anilines is 1. The van der Waals surface area contributed by atoms with E-state index in [0.717, 1.165) is 12.1 Å². The van der Waals surface area contributed by atoms with Crippen LogP contribution in [-0.4, -0.2) is 5.96 Å². The van der Waals surface area contributed by atoms with Gasteiger partial charge < -0.3 is 5.32 Å². The highest BCUT2D eigenvalue weighted by atomic mass is 19.2. The molecule has 104 valence electrons. The summed E-state index contributed by atoms with van der Waals surface area (Å²) in [5.41, 5.74) is 2.49.